The molecular formula is C40H33N3+2. The number of aryl methyl sites for hydroxylation is 1. The standard InChI is InChI=1S/C21H18N.C19H15N2/c1-21(2)18-8-4-3-7-15(18)17-12-16-14(11-19(17)21)13-22-10-6-5-9-20(16)22;1-20-17-7-3-2-6-14(17)16-11-15-13(10-19(16)20)12-21-9-5-4-8-18(15)21/h3-12H,13H2,1-2H3;2-11H,12H2,1H3/q2*+1. The van der Waals surface area contributed by atoms with Gasteiger partial charge in [0.25, 0.3) is 0 Å². The number of para-hydroxylation sites is 1. The van der Waals surface area contributed by atoms with Crippen molar-refractivity contribution in [3.8, 4) is 33.6 Å². The Balaban J connectivity index is 0.000000121. The first kappa shape index (κ1) is 24.6. The molecule has 2 aliphatic heterocycles. The average Bonchev–Trinajstić information content (AvgIpc) is 3.74. The summed E-state index contributed by atoms with van der Waals surface area (Å²) < 4.78 is 6.98. The molecule has 0 atom stereocenters. The van der Waals surface area contributed by atoms with Gasteiger partial charge in [-0.2, -0.15) is 9.13 Å². The van der Waals surface area contributed by atoms with Crippen LogP contribution in [0.4, 0.5) is 0 Å². The Morgan fingerprint density at radius 2 is 1.16 bits per heavy atom. The second kappa shape index (κ2) is 8.75. The Bertz CT molecular complexity index is 2280. The maximum Gasteiger partial charge on any atom is 0.213 e. The minimum absolute atomic E-state index is 0.0976. The monoisotopic (exact) mass is 555 g/mol. The lowest BCUT2D eigenvalue weighted by Crippen LogP contribution is -2.31. The van der Waals surface area contributed by atoms with E-state index in [0.29, 0.717) is 0 Å². The third-order valence-electron chi connectivity index (χ3n) is 10.1. The van der Waals surface area contributed by atoms with Crippen LogP contribution in [0.15, 0.2) is 122 Å². The number of nitrogens with zero attached hydrogens (tertiary/aromatic N) is 3. The van der Waals surface area contributed by atoms with E-state index in [1.165, 1.54) is 77.7 Å². The number of benzene rings is 4. The van der Waals surface area contributed by atoms with Crippen molar-refractivity contribution in [2.45, 2.75) is 32.4 Å². The van der Waals surface area contributed by atoms with E-state index < -0.39 is 0 Å². The lowest BCUT2D eigenvalue weighted by molar-refractivity contribution is -0.672. The summed E-state index contributed by atoms with van der Waals surface area (Å²) in [6, 6.07) is 40.0. The molecule has 0 fully saturated rings. The molecule has 3 heteroatoms. The number of aromatic nitrogens is 3. The largest absolute Gasteiger partial charge is 0.344 e. The first-order chi connectivity index (χ1) is 21.0. The number of hydrogen-bond donors (Lipinski definition) is 0. The molecule has 0 radical (unpaired) electrons. The number of rotatable bonds is 0. The Labute approximate surface area is 251 Å². The van der Waals surface area contributed by atoms with Gasteiger partial charge in [-0.1, -0.05) is 56.3 Å². The number of hydrogen-bond acceptors (Lipinski definition) is 0. The highest BCUT2D eigenvalue weighted by Gasteiger charge is 2.38. The van der Waals surface area contributed by atoms with Crippen molar-refractivity contribution in [1.29, 1.82) is 0 Å². The minimum atomic E-state index is 0.0976. The van der Waals surface area contributed by atoms with Gasteiger partial charge in [-0.3, -0.25) is 0 Å². The summed E-state index contributed by atoms with van der Waals surface area (Å²) in [5.74, 6) is 0. The van der Waals surface area contributed by atoms with Gasteiger partial charge in [-0.15, -0.1) is 0 Å². The van der Waals surface area contributed by atoms with Crippen LogP contribution in [-0.4, -0.2) is 4.57 Å². The van der Waals surface area contributed by atoms with Crippen molar-refractivity contribution >= 4 is 21.8 Å². The van der Waals surface area contributed by atoms with E-state index in [2.05, 4.69) is 156 Å². The normalized spacial score (nSPS) is 14.4. The molecule has 206 valence electrons. The summed E-state index contributed by atoms with van der Waals surface area (Å²) in [4.78, 5) is 0. The fourth-order valence-electron chi connectivity index (χ4n) is 7.86. The fourth-order valence-corrected chi connectivity index (χ4v) is 7.86. The molecule has 43 heavy (non-hydrogen) atoms. The van der Waals surface area contributed by atoms with Gasteiger partial charge < -0.3 is 4.57 Å². The van der Waals surface area contributed by atoms with E-state index in [1.807, 2.05) is 0 Å². The summed E-state index contributed by atoms with van der Waals surface area (Å²) in [5.41, 5.74) is 16.8. The highest BCUT2D eigenvalue weighted by Crippen LogP contribution is 2.50. The minimum Gasteiger partial charge on any atom is -0.344 e. The Kier molecular flexibility index (Phi) is 5.00. The van der Waals surface area contributed by atoms with Crippen molar-refractivity contribution in [3.05, 3.63) is 144 Å². The van der Waals surface area contributed by atoms with Crippen LogP contribution in [0.5, 0.6) is 0 Å². The molecule has 7 aromatic rings. The fraction of sp³-hybridized carbons (Fsp3) is 0.150. The van der Waals surface area contributed by atoms with Gasteiger partial charge in [0.05, 0.1) is 11.1 Å². The highest BCUT2D eigenvalue weighted by atomic mass is 15.0. The zero-order chi connectivity index (χ0) is 28.9. The van der Waals surface area contributed by atoms with Gasteiger partial charge >= 0.3 is 0 Å². The molecular weight excluding hydrogens is 522 g/mol. The van der Waals surface area contributed by atoms with Crippen LogP contribution in [-0.2, 0) is 25.6 Å². The highest BCUT2D eigenvalue weighted by molar-refractivity contribution is 6.09. The maximum atomic E-state index is 2.44. The van der Waals surface area contributed by atoms with Crippen LogP contribution in [0.25, 0.3) is 55.4 Å². The summed E-state index contributed by atoms with van der Waals surface area (Å²) in [5, 5.41) is 2.69. The van der Waals surface area contributed by atoms with E-state index in [4.69, 9.17) is 0 Å². The van der Waals surface area contributed by atoms with Crippen molar-refractivity contribution in [1.82, 2.24) is 4.57 Å². The summed E-state index contributed by atoms with van der Waals surface area (Å²) in [6.07, 6.45) is 4.34. The van der Waals surface area contributed by atoms with Crippen molar-refractivity contribution in [3.63, 3.8) is 0 Å². The molecule has 0 saturated carbocycles. The van der Waals surface area contributed by atoms with Crippen molar-refractivity contribution in [2.75, 3.05) is 0 Å². The molecule has 5 heterocycles. The molecule has 3 nitrogen and oxygen atoms in total. The predicted octanol–water partition coefficient (Wildman–Crippen LogP) is 7.96. The molecule has 3 aliphatic rings. The average molecular weight is 556 g/mol. The number of pyridine rings is 2. The Morgan fingerprint density at radius 3 is 1.93 bits per heavy atom. The van der Waals surface area contributed by atoms with Crippen LogP contribution in [0.3, 0.4) is 0 Å². The van der Waals surface area contributed by atoms with E-state index in [-0.39, 0.29) is 5.41 Å². The molecule has 0 unspecified atom stereocenters. The van der Waals surface area contributed by atoms with Crippen LogP contribution < -0.4 is 9.13 Å². The van der Waals surface area contributed by atoms with Gasteiger partial charge in [0.1, 0.15) is 0 Å². The molecule has 10 rings (SSSR count). The van der Waals surface area contributed by atoms with Crippen molar-refractivity contribution in [2.24, 2.45) is 7.05 Å². The SMILES string of the molecule is CC1(C)c2ccccc2-c2cc3c(cc21)C[n+]1ccccc1-3.Cn1c2ccccc2c2cc3c(cc21)C[n+]1ccccc1-3. The molecule has 0 spiro atoms. The van der Waals surface area contributed by atoms with E-state index in [9.17, 15) is 0 Å². The molecule has 0 saturated heterocycles. The molecule has 0 bridgehead atoms. The second-order valence-electron chi connectivity index (χ2n) is 12.8. The summed E-state index contributed by atoms with van der Waals surface area (Å²) in [6.45, 7) is 6.66. The van der Waals surface area contributed by atoms with Gasteiger partial charge in [-0.25, -0.2) is 0 Å². The van der Waals surface area contributed by atoms with Crippen LogP contribution >= 0.6 is 0 Å². The summed E-state index contributed by atoms with van der Waals surface area (Å²) >= 11 is 0. The first-order valence-electron chi connectivity index (χ1n) is 15.2. The molecule has 3 aromatic heterocycles. The van der Waals surface area contributed by atoms with Crippen LogP contribution in [0.1, 0.15) is 36.1 Å². The van der Waals surface area contributed by atoms with Gasteiger partial charge in [0, 0.05) is 69.7 Å². The quantitative estimate of drug-likeness (QED) is 0.168. The summed E-state index contributed by atoms with van der Waals surface area (Å²) in [7, 11) is 2.16. The Morgan fingerprint density at radius 1 is 0.535 bits per heavy atom. The first-order valence-corrected chi connectivity index (χ1v) is 15.2. The van der Waals surface area contributed by atoms with E-state index in [0.717, 1.165) is 13.1 Å². The molecule has 1 aliphatic carbocycles. The lowest BCUT2D eigenvalue weighted by Gasteiger charge is -2.21. The predicted molar refractivity (Wildman–Crippen MR) is 174 cm³/mol. The topological polar surface area (TPSA) is 12.7 Å². The van der Waals surface area contributed by atoms with Crippen LogP contribution in [0.2, 0.25) is 0 Å². The zero-order valence-electron chi connectivity index (χ0n) is 24.8. The molecule has 0 amide bonds. The van der Waals surface area contributed by atoms with Crippen molar-refractivity contribution < 1.29 is 9.13 Å². The smallest absolute Gasteiger partial charge is 0.213 e. The third kappa shape index (κ3) is 3.42. The lowest BCUT2D eigenvalue weighted by atomic mass is 9.81. The molecule has 0 N–H and O–H groups in total. The van der Waals surface area contributed by atoms with E-state index >= 15 is 0 Å². The van der Waals surface area contributed by atoms with Gasteiger partial charge in [-0.05, 0) is 64.7 Å². The zero-order valence-corrected chi connectivity index (χ0v) is 24.8. The van der Waals surface area contributed by atoms with E-state index in [1.54, 1.807) is 0 Å². The maximum absolute atomic E-state index is 2.44. The second-order valence-corrected chi connectivity index (χ2v) is 12.8. The number of fused-ring (bicyclic) bond motifs is 12. The Hall–Kier alpha value is -5.02. The third-order valence-corrected chi connectivity index (χ3v) is 10.1. The van der Waals surface area contributed by atoms with Gasteiger partial charge in [0.2, 0.25) is 11.4 Å². The molecule has 4 aromatic carbocycles. The van der Waals surface area contributed by atoms with Crippen LogP contribution in [0, 0.1) is 0 Å². The van der Waals surface area contributed by atoms with Gasteiger partial charge in [0.15, 0.2) is 25.5 Å².